The number of aryl methyl sites for hydroxylation is 2. The molecule has 0 aliphatic heterocycles. The lowest BCUT2D eigenvalue weighted by molar-refractivity contribution is 0.0996. The van der Waals surface area contributed by atoms with E-state index >= 15 is 0 Å². The summed E-state index contributed by atoms with van der Waals surface area (Å²) >= 11 is 0. The summed E-state index contributed by atoms with van der Waals surface area (Å²) in [6, 6.07) is 5.22. The monoisotopic (exact) mass is 271 g/mol. The van der Waals surface area contributed by atoms with Crippen LogP contribution in [-0.4, -0.2) is 16.0 Å². The second kappa shape index (κ2) is 4.85. The third-order valence-corrected chi connectivity index (χ3v) is 3.33. The number of primary amides is 1. The summed E-state index contributed by atoms with van der Waals surface area (Å²) < 4.78 is 0. The van der Waals surface area contributed by atoms with Crippen LogP contribution in [0, 0.1) is 20.8 Å². The molecule has 5 N–H and O–H groups in total. The van der Waals surface area contributed by atoms with Crippen LogP contribution in [0.25, 0.3) is 11.1 Å². The van der Waals surface area contributed by atoms with E-state index in [1.807, 2.05) is 6.92 Å². The molecule has 0 unspecified atom stereocenters. The van der Waals surface area contributed by atoms with Crippen molar-refractivity contribution in [2.45, 2.75) is 20.8 Å². The molecule has 5 nitrogen and oxygen atoms in total. The molecule has 0 saturated carbocycles. The largest absolute Gasteiger partial charge is 0.508 e. The van der Waals surface area contributed by atoms with E-state index < -0.39 is 5.91 Å². The Labute approximate surface area is 117 Å². The van der Waals surface area contributed by atoms with Gasteiger partial charge in [-0.15, -0.1) is 0 Å². The van der Waals surface area contributed by atoms with Crippen molar-refractivity contribution in [3.63, 3.8) is 0 Å². The highest BCUT2D eigenvalue weighted by Gasteiger charge is 2.18. The number of anilines is 1. The number of amides is 1. The predicted octanol–water partition coefficient (Wildman–Crippen LogP) is 2.06. The van der Waals surface area contributed by atoms with E-state index in [0.717, 1.165) is 11.1 Å². The summed E-state index contributed by atoms with van der Waals surface area (Å²) in [4.78, 5) is 15.5. The van der Waals surface area contributed by atoms with Crippen molar-refractivity contribution < 1.29 is 9.90 Å². The number of rotatable bonds is 2. The third-order valence-electron chi connectivity index (χ3n) is 3.33. The zero-order chi connectivity index (χ0) is 15.0. The first kappa shape index (κ1) is 13.9. The van der Waals surface area contributed by atoms with Crippen LogP contribution in [0.1, 0.15) is 27.3 Å². The van der Waals surface area contributed by atoms with Gasteiger partial charge in [-0.05, 0) is 49.6 Å². The summed E-state index contributed by atoms with van der Waals surface area (Å²) in [5.41, 5.74) is 15.4. The number of hydrogen-bond acceptors (Lipinski definition) is 4. The van der Waals surface area contributed by atoms with Crippen molar-refractivity contribution in [2.24, 2.45) is 5.73 Å². The molecule has 0 fully saturated rings. The molecule has 0 aliphatic carbocycles. The minimum Gasteiger partial charge on any atom is -0.508 e. The normalized spacial score (nSPS) is 10.6. The van der Waals surface area contributed by atoms with Gasteiger partial charge in [0, 0.05) is 11.3 Å². The van der Waals surface area contributed by atoms with Gasteiger partial charge >= 0.3 is 0 Å². The molecule has 2 rings (SSSR count). The average Bonchev–Trinajstić information content (AvgIpc) is 2.37. The summed E-state index contributed by atoms with van der Waals surface area (Å²) in [6.07, 6.45) is 0. The number of phenolic OH excluding ortho intramolecular Hbond substituents is 1. The van der Waals surface area contributed by atoms with Gasteiger partial charge in [0.05, 0.1) is 5.69 Å². The first-order chi connectivity index (χ1) is 9.32. The molecule has 20 heavy (non-hydrogen) atoms. The van der Waals surface area contributed by atoms with Crippen molar-refractivity contribution in [3.8, 4) is 16.9 Å². The number of phenols is 1. The van der Waals surface area contributed by atoms with Crippen molar-refractivity contribution in [1.82, 2.24) is 4.98 Å². The summed E-state index contributed by atoms with van der Waals surface area (Å²) in [5.74, 6) is -0.483. The van der Waals surface area contributed by atoms with Gasteiger partial charge in [0.25, 0.3) is 5.91 Å². The molecule has 1 heterocycles. The predicted molar refractivity (Wildman–Crippen MR) is 78.5 cm³/mol. The Hall–Kier alpha value is -2.56. The fourth-order valence-electron chi connectivity index (χ4n) is 2.33. The second-order valence-electron chi connectivity index (χ2n) is 4.84. The van der Waals surface area contributed by atoms with Gasteiger partial charge in [0.15, 0.2) is 5.69 Å². The molecule has 0 aliphatic rings. The number of nitrogens with zero attached hydrogens (tertiary/aromatic N) is 1. The first-order valence-electron chi connectivity index (χ1n) is 6.19. The van der Waals surface area contributed by atoms with Crippen LogP contribution >= 0.6 is 0 Å². The maximum atomic E-state index is 11.4. The maximum Gasteiger partial charge on any atom is 0.269 e. The Bertz CT molecular complexity index is 709. The standard InChI is InChI=1S/C15H17N3O2/c1-7-4-5-11(19)9(3)12(7)10-6-8(2)18-14(13(10)16)15(17)20/h4-6,19H,16H2,1-3H3,(H2,17,20). The van der Waals surface area contributed by atoms with Gasteiger partial charge in [-0.2, -0.15) is 0 Å². The number of carbonyl (C=O) groups is 1. The highest BCUT2D eigenvalue weighted by molar-refractivity contribution is 6.00. The van der Waals surface area contributed by atoms with Crippen LogP contribution in [0.3, 0.4) is 0 Å². The van der Waals surface area contributed by atoms with E-state index in [0.29, 0.717) is 16.8 Å². The third kappa shape index (κ3) is 2.18. The van der Waals surface area contributed by atoms with E-state index in [4.69, 9.17) is 11.5 Å². The number of pyridine rings is 1. The molecule has 104 valence electrons. The van der Waals surface area contributed by atoms with Crippen LogP contribution in [0.5, 0.6) is 5.75 Å². The topological polar surface area (TPSA) is 102 Å². The lowest BCUT2D eigenvalue weighted by Gasteiger charge is -2.15. The van der Waals surface area contributed by atoms with Crippen LogP contribution in [0.4, 0.5) is 5.69 Å². The Morgan fingerprint density at radius 3 is 2.50 bits per heavy atom. The summed E-state index contributed by atoms with van der Waals surface area (Å²) in [7, 11) is 0. The molecule has 0 bridgehead atoms. The van der Waals surface area contributed by atoms with Crippen molar-refractivity contribution >= 4 is 11.6 Å². The number of nitrogen functional groups attached to an aromatic ring is 1. The smallest absolute Gasteiger partial charge is 0.269 e. The van der Waals surface area contributed by atoms with Gasteiger partial charge in [-0.25, -0.2) is 4.98 Å². The van der Waals surface area contributed by atoms with Gasteiger partial charge in [-0.3, -0.25) is 4.79 Å². The van der Waals surface area contributed by atoms with Gasteiger partial charge < -0.3 is 16.6 Å². The Kier molecular flexibility index (Phi) is 3.36. The molecule has 0 atom stereocenters. The molecule has 5 heteroatoms. The zero-order valence-electron chi connectivity index (χ0n) is 11.7. The minimum atomic E-state index is -0.664. The van der Waals surface area contributed by atoms with Crippen molar-refractivity contribution in [1.29, 1.82) is 0 Å². The Morgan fingerprint density at radius 2 is 1.90 bits per heavy atom. The minimum absolute atomic E-state index is 0.0575. The number of nitrogens with two attached hydrogens (primary N) is 2. The SMILES string of the molecule is Cc1cc(-c2c(C)ccc(O)c2C)c(N)c(C(N)=O)n1. The number of aromatic nitrogens is 1. The van der Waals surface area contributed by atoms with Crippen LogP contribution in [-0.2, 0) is 0 Å². The fraction of sp³-hybridized carbons (Fsp3) is 0.200. The van der Waals surface area contributed by atoms with E-state index in [1.165, 1.54) is 0 Å². The Morgan fingerprint density at radius 1 is 1.25 bits per heavy atom. The quantitative estimate of drug-likeness (QED) is 0.777. The molecule has 0 saturated heterocycles. The lowest BCUT2D eigenvalue weighted by atomic mass is 9.93. The van der Waals surface area contributed by atoms with Gasteiger partial charge in [0.1, 0.15) is 5.75 Å². The number of carbonyl (C=O) groups excluding carboxylic acids is 1. The number of hydrogen-bond donors (Lipinski definition) is 3. The molecule has 1 aromatic carbocycles. The Balaban J connectivity index is 2.84. The fourth-order valence-corrected chi connectivity index (χ4v) is 2.33. The van der Waals surface area contributed by atoms with E-state index in [-0.39, 0.29) is 17.1 Å². The van der Waals surface area contributed by atoms with Crippen LogP contribution in [0.15, 0.2) is 18.2 Å². The average molecular weight is 271 g/mol. The molecule has 0 radical (unpaired) electrons. The van der Waals surface area contributed by atoms with Gasteiger partial charge in [-0.1, -0.05) is 6.07 Å². The number of aromatic hydroxyl groups is 1. The molecule has 0 spiro atoms. The van der Waals surface area contributed by atoms with Crippen LogP contribution in [0.2, 0.25) is 0 Å². The van der Waals surface area contributed by atoms with E-state index in [2.05, 4.69) is 4.98 Å². The molecule has 1 amide bonds. The molecular weight excluding hydrogens is 254 g/mol. The van der Waals surface area contributed by atoms with Crippen LogP contribution < -0.4 is 11.5 Å². The van der Waals surface area contributed by atoms with Crippen molar-refractivity contribution in [3.05, 3.63) is 40.7 Å². The van der Waals surface area contributed by atoms with E-state index in [1.54, 1.807) is 32.0 Å². The zero-order valence-corrected chi connectivity index (χ0v) is 11.7. The van der Waals surface area contributed by atoms with Gasteiger partial charge in [0.2, 0.25) is 0 Å². The lowest BCUT2D eigenvalue weighted by Crippen LogP contribution is -2.17. The number of benzene rings is 1. The van der Waals surface area contributed by atoms with Crippen molar-refractivity contribution in [2.75, 3.05) is 5.73 Å². The summed E-state index contributed by atoms with van der Waals surface area (Å²) in [5, 5.41) is 9.88. The highest BCUT2D eigenvalue weighted by Crippen LogP contribution is 2.36. The summed E-state index contributed by atoms with van der Waals surface area (Å²) in [6.45, 7) is 5.49. The first-order valence-corrected chi connectivity index (χ1v) is 6.19. The van der Waals surface area contributed by atoms with E-state index in [9.17, 15) is 9.90 Å². The molecular formula is C15H17N3O2. The molecule has 2 aromatic rings. The molecule has 1 aromatic heterocycles. The highest BCUT2D eigenvalue weighted by atomic mass is 16.3. The maximum absolute atomic E-state index is 11.4. The second-order valence-corrected chi connectivity index (χ2v) is 4.84.